The van der Waals surface area contributed by atoms with Gasteiger partial charge in [-0.15, -0.1) is 0 Å². The lowest BCUT2D eigenvalue weighted by molar-refractivity contribution is 0.0952. The normalized spacial score (nSPS) is 14.1. The van der Waals surface area contributed by atoms with E-state index in [1.807, 2.05) is 54.6 Å². The highest BCUT2D eigenvalue weighted by Crippen LogP contribution is 2.21. The zero-order valence-corrected chi connectivity index (χ0v) is 19.5. The van der Waals surface area contributed by atoms with Crippen molar-refractivity contribution in [1.82, 2.24) is 30.0 Å². The van der Waals surface area contributed by atoms with Gasteiger partial charge in [0.25, 0.3) is 5.91 Å². The minimum atomic E-state index is -0.0492. The maximum atomic E-state index is 12.4. The fraction of sp³-hybridized carbons (Fsp3) is 0.269. The van der Waals surface area contributed by atoms with Crippen LogP contribution >= 0.6 is 0 Å². The lowest BCUT2D eigenvalue weighted by Crippen LogP contribution is -2.28. The highest BCUT2D eigenvalue weighted by Gasteiger charge is 2.12. The Morgan fingerprint density at radius 3 is 2.63 bits per heavy atom. The molecule has 35 heavy (non-hydrogen) atoms. The van der Waals surface area contributed by atoms with Crippen molar-refractivity contribution in [3.05, 3.63) is 78.2 Å². The van der Waals surface area contributed by atoms with E-state index in [0.29, 0.717) is 23.6 Å². The lowest BCUT2D eigenvalue weighted by atomic mass is 10.1. The number of nitrogens with zero attached hydrogens (tertiary/aromatic N) is 6. The number of para-hydroxylation sites is 1. The highest BCUT2D eigenvalue weighted by molar-refractivity contribution is 5.95. The number of anilines is 1. The molecule has 0 spiro atoms. The summed E-state index contributed by atoms with van der Waals surface area (Å²) in [5.41, 5.74) is 6.10. The van der Waals surface area contributed by atoms with Crippen LogP contribution in [0.2, 0.25) is 0 Å². The van der Waals surface area contributed by atoms with E-state index < -0.39 is 0 Å². The molecule has 1 aliphatic heterocycles. The van der Waals surface area contributed by atoms with E-state index in [1.165, 1.54) is 32.3 Å². The molecule has 0 unspecified atom stereocenters. The second-order valence-electron chi connectivity index (χ2n) is 8.50. The quantitative estimate of drug-likeness (QED) is 0.222. The first-order valence-corrected chi connectivity index (χ1v) is 11.9. The van der Waals surface area contributed by atoms with Crippen LogP contribution < -0.4 is 10.7 Å². The Hall–Kier alpha value is -4.11. The third-order valence-corrected chi connectivity index (χ3v) is 6.06. The minimum Gasteiger partial charge on any atom is -0.352 e. The van der Waals surface area contributed by atoms with Crippen LogP contribution in [0.1, 0.15) is 35.2 Å². The van der Waals surface area contributed by atoms with Gasteiger partial charge >= 0.3 is 0 Å². The molecule has 0 saturated carbocycles. The Balaban J connectivity index is 1.16. The Bertz CT molecular complexity index is 1290. The van der Waals surface area contributed by atoms with Gasteiger partial charge < -0.3 is 10.2 Å². The lowest BCUT2D eigenvalue weighted by Gasteiger charge is -2.14. The summed E-state index contributed by atoms with van der Waals surface area (Å²) < 4.78 is 1.77. The van der Waals surface area contributed by atoms with E-state index >= 15 is 0 Å². The standard InChI is InChI=1S/C26H28N8O/c35-26(27-13-6-16-33-14-4-5-15-33)21-11-9-20(10-12-21)17-30-32-24-23-18-31-34(25(23)29-19-28-24)22-7-2-1-3-8-22/h1-3,7-12,17-19H,4-6,13-16H2,(H,27,35)(H,28,29,32). The van der Waals surface area contributed by atoms with Crippen LogP contribution in [0.25, 0.3) is 16.7 Å². The Labute approximate surface area is 203 Å². The Morgan fingerprint density at radius 1 is 1.03 bits per heavy atom. The molecule has 1 saturated heterocycles. The predicted octanol–water partition coefficient (Wildman–Crippen LogP) is 3.48. The number of carbonyl (C=O) groups is 1. The van der Waals surface area contributed by atoms with Crippen molar-refractivity contribution in [3.8, 4) is 5.69 Å². The predicted molar refractivity (Wildman–Crippen MR) is 137 cm³/mol. The van der Waals surface area contributed by atoms with Crippen molar-refractivity contribution in [1.29, 1.82) is 0 Å². The monoisotopic (exact) mass is 468 g/mol. The average molecular weight is 469 g/mol. The number of carbonyl (C=O) groups excluding carboxylic acids is 1. The number of hydrogen-bond acceptors (Lipinski definition) is 7. The van der Waals surface area contributed by atoms with Gasteiger partial charge in [-0.1, -0.05) is 30.3 Å². The van der Waals surface area contributed by atoms with Gasteiger partial charge in [-0.25, -0.2) is 14.6 Å². The number of nitrogens with one attached hydrogen (secondary N) is 2. The third kappa shape index (κ3) is 5.52. The SMILES string of the molecule is O=C(NCCCN1CCCC1)c1ccc(C=NNc2ncnc3c2cnn3-c2ccccc2)cc1. The number of benzene rings is 2. The molecule has 0 atom stereocenters. The van der Waals surface area contributed by atoms with Gasteiger partial charge in [0.1, 0.15) is 6.33 Å². The van der Waals surface area contributed by atoms with Crippen LogP contribution in [0.15, 0.2) is 72.2 Å². The van der Waals surface area contributed by atoms with E-state index in [9.17, 15) is 4.79 Å². The summed E-state index contributed by atoms with van der Waals surface area (Å²) in [6, 6.07) is 17.2. The highest BCUT2D eigenvalue weighted by atomic mass is 16.1. The molecule has 1 aliphatic rings. The first kappa shape index (κ1) is 22.7. The zero-order valence-electron chi connectivity index (χ0n) is 19.5. The molecular weight excluding hydrogens is 440 g/mol. The van der Waals surface area contributed by atoms with Gasteiger partial charge in [0.15, 0.2) is 11.5 Å². The number of fused-ring (bicyclic) bond motifs is 1. The van der Waals surface area contributed by atoms with Crippen LogP contribution in [0.3, 0.4) is 0 Å². The van der Waals surface area contributed by atoms with Crippen molar-refractivity contribution < 1.29 is 4.79 Å². The van der Waals surface area contributed by atoms with Crippen molar-refractivity contribution in [2.75, 3.05) is 31.6 Å². The molecule has 0 aliphatic carbocycles. The van der Waals surface area contributed by atoms with Gasteiger partial charge in [-0.3, -0.25) is 10.2 Å². The van der Waals surface area contributed by atoms with Crippen molar-refractivity contribution >= 4 is 29.0 Å². The summed E-state index contributed by atoms with van der Waals surface area (Å²) in [5.74, 6) is 0.519. The number of rotatable bonds is 9. The van der Waals surface area contributed by atoms with Crippen LogP contribution in [-0.2, 0) is 0 Å². The summed E-state index contributed by atoms with van der Waals surface area (Å²) in [6.07, 6.45) is 8.45. The summed E-state index contributed by atoms with van der Waals surface area (Å²) in [6.45, 7) is 4.11. The Kier molecular flexibility index (Phi) is 7.05. The van der Waals surface area contributed by atoms with E-state index in [4.69, 9.17) is 0 Å². The molecule has 9 nitrogen and oxygen atoms in total. The number of amides is 1. The molecule has 2 aromatic heterocycles. The van der Waals surface area contributed by atoms with Gasteiger partial charge in [0.05, 0.1) is 23.5 Å². The second kappa shape index (κ2) is 10.9. The summed E-state index contributed by atoms with van der Waals surface area (Å²) in [5, 5.41) is 12.5. The summed E-state index contributed by atoms with van der Waals surface area (Å²) >= 11 is 0. The maximum Gasteiger partial charge on any atom is 0.251 e. The molecule has 2 aromatic carbocycles. The van der Waals surface area contributed by atoms with Gasteiger partial charge in [-0.05, 0) is 68.7 Å². The molecule has 178 valence electrons. The fourth-order valence-electron chi connectivity index (χ4n) is 4.19. The van der Waals surface area contributed by atoms with Gasteiger partial charge in [0.2, 0.25) is 0 Å². The molecule has 3 heterocycles. The van der Waals surface area contributed by atoms with Crippen molar-refractivity contribution in [2.24, 2.45) is 5.10 Å². The van der Waals surface area contributed by atoms with E-state index in [-0.39, 0.29) is 5.91 Å². The van der Waals surface area contributed by atoms with Crippen LogP contribution in [-0.4, -0.2) is 62.9 Å². The van der Waals surface area contributed by atoms with E-state index in [1.54, 1.807) is 17.1 Å². The Morgan fingerprint density at radius 2 is 1.83 bits per heavy atom. The molecule has 1 amide bonds. The van der Waals surface area contributed by atoms with E-state index in [2.05, 4.69) is 35.8 Å². The molecule has 2 N–H and O–H groups in total. The molecule has 9 heteroatoms. The van der Waals surface area contributed by atoms with Gasteiger partial charge in [0, 0.05) is 12.1 Å². The topological polar surface area (TPSA) is 100 Å². The smallest absolute Gasteiger partial charge is 0.251 e. The number of hydrogen-bond donors (Lipinski definition) is 2. The number of likely N-dealkylation sites (tertiary alicyclic amines) is 1. The third-order valence-electron chi connectivity index (χ3n) is 6.06. The summed E-state index contributed by atoms with van der Waals surface area (Å²) in [4.78, 5) is 23.5. The van der Waals surface area contributed by atoms with Crippen LogP contribution in [0, 0.1) is 0 Å². The molecular formula is C26H28N8O. The summed E-state index contributed by atoms with van der Waals surface area (Å²) in [7, 11) is 0. The number of aromatic nitrogens is 4. The molecule has 0 bridgehead atoms. The zero-order chi connectivity index (χ0) is 23.9. The van der Waals surface area contributed by atoms with Crippen molar-refractivity contribution in [3.63, 3.8) is 0 Å². The van der Waals surface area contributed by atoms with Crippen LogP contribution in [0.4, 0.5) is 5.82 Å². The first-order valence-electron chi connectivity index (χ1n) is 11.9. The maximum absolute atomic E-state index is 12.4. The molecule has 4 aromatic rings. The van der Waals surface area contributed by atoms with Gasteiger partial charge in [-0.2, -0.15) is 10.2 Å². The largest absolute Gasteiger partial charge is 0.352 e. The van der Waals surface area contributed by atoms with Crippen molar-refractivity contribution in [2.45, 2.75) is 19.3 Å². The fourth-order valence-corrected chi connectivity index (χ4v) is 4.19. The second-order valence-corrected chi connectivity index (χ2v) is 8.50. The molecule has 5 rings (SSSR count). The molecule has 0 radical (unpaired) electrons. The van der Waals surface area contributed by atoms with E-state index in [0.717, 1.165) is 29.6 Å². The molecule has 1 fully saturated rings. The first-order chi connectivity index (χ1) is 17.3. The average Bonchev–Trinajstić information content (AvgIpc) is 3.58. The van der Waals surface area contributed by atoms with Crippen LogP contribution in [0.5, 0.6) is 0 Å². The number of hydrazone groups is 1. The minimum absolute atomic E-state index is 0.0492.